The highest BCUT2D eigenvalue weighted by atomic mass is 16.6. The Balaban J connectivity index is 2.47. The summed E-state index contributed by atoms with van der Waals surface area (Å²) in [7, 11) is 0. The molecule has 146 valence electrons. The lowest BCUT2D eigenvalue weighted by molar-refractivity contribution is -0.0346. The molecule has 1 rings (SSSR count). The maximum absolute atomic E-state index is 12.1. The summed E-state index contributed by atoms with van der Waals surface area (Å²) < 4.78 is 10.6. The van der Waals surface area contributed by atoms with Gasteiger partial charge in [-0.3, -0.25) is 0 Å². The Hall–Kier alpha value is -1.50. The van der Waals surface area contributed by atoms with Gasteiger partial charge in [0.1, 0.15) is 11.2 Å². The van der Waals surface area contributed by atoms with Gasteiger partial charge in [-0.1, -0.05) is 0 Å². The molecule has 7 heteroatoms. The van der Waals surface area contributed by atoms with Crippen molar-refractivity contribution in [3.8, 4) is 0 Å². The number of rotatable bonds is 3. The van der Waals surface area contributed by atoms with Crippen molar-refractivity contribution in [3.05, 3.63) is 0 Å². The van der Waals surface area contributed by atoms with Crippen LogP contribution in [0.25, 0.3) is 0 Å². The van der Waals surface area contributed by atoms with Gasteiger partial charge in [-0.15, -0.1) is 0 Å². The van der Waals surface area contributed by atoms with Crippen LogP contribution in [0.15, 0.2) is 0 Å². The van der Waals surface area contributed by atoms with Crippen molar-refractivity contribution in [1.82, 2.24) is 10.2 Å². The van der Waals surface area contributed by atoms with Crippen molar-refractivity contribution in [3.63, 3.8) is 0 Å². The minimum absolute atomic E-state index is 0.0128. The average Bonchev–Trinajstić information content (AvgIpc) is 2.42. The van der Waals surface area contributed by atoms with E-state index in [1.165, 1.54) is 0 Å². The number of likely N-dealkylation sites (tertiary alicyclic amines) is 1. The number of nitrogens with zero attached hydrogens (tertiary/aromatic N) is 1. The number of amides is 2. The van der Waals surface area contributed by atoms with Crippen molar-refractivity contribution >= 4 is 12.2 Å². The van der Waals surface area contributed by atoms with Crippen molar-refractivity contribution in [1.29, 1.82) is 0 Å². The third-order valence-corrected chi connectivity index (χ3v) is 4.02. The average molecular weight is 358 g/mol. The van der Waals surface area contributed by atoms with Crippen molar-refractivity contribution in [2.45, 2.75) is 78.1 Å². The Morgan fingerprint density at radius 2 is 1.48 bits per heavy atom. The van der Waals surface area contributed by atoms with Crippen LogP contribution in [-0.2, 0) is 9.47 Å². The van der Waals surface area contributed by atoms with Gasteiger partial charge in [0.05, 0.1) is 5.60 Å². The SMILES string of the molecule is CC(C)(C)OC(=O)NCC(C)(O)C1CCN(C(=O)OC(C)(C)C)CC1. The Morgan fingerprint density at radius 3 is 1.92 bits per heavy atom. The van der Waals surface area contributed by atoms with Gasteiger partial charge >= 0.3 is 12.2 Å². The Bertz CT molecular complexity index is 469. The summed E-state index contributed by atoms with van der Waals surface area (Å²) in [6.07, 6.45) is 0.446. The summed E-state index contributed by atoms with van der Waals surface area (Å²) >= 11 is 0. The van der Waals surface area contributed by atoms with Crippen LogP contribution in [0.3, 0.4) is 0 Å². The zero-order chi connectivity index (χ0) is 19.5. The number of alkyl carbamates (subject to hydrolysis) is 1. The first kappa shape index (κ1) is 21.5. The third kappa shape index (κ3) is 7.94. The predicted molar refractivity (Wildman–Crippen MR) is 95.4 cm³/mol. The van der Waals surface area contributed by atoms with Gasteiger partial charge in [0.15, 0.2) is 0 Å². The molecule has 1 aliphatic rings. The van der Waals surface area contributed by atoms with Crippen LogP contribution in [0, 0.1) is 5.92 Å². The Labute approximate surface area is 151 Å². The fraction of sp³-hybridized carbons (Fsp3) is 0.889. The smallest absolute Gasteiger partial charge is 0.410 e. The van der Waals surface area contributed by atoms with Crippen molar-refractivity contribution in [2.75, 3.05) is 19.6 Å². The first-order chi connectivity index (χ1) is 11.2. The number of hydrogen-bond donors (Lipinski definition) is 2. The molecule has 0 radical (unpaired) electrons. The lowest BCUT2D eigenvalue weighted by Gasteiger charge is -2.39. The largest absolute Gasteiger partial charge is 0.444 e. The maximum Gasteiger partial charge on any atom is 0.410 e. The van der Waals surface area contributed by atoms with E-state index in [2.05, 4.69) is 5.32 Å². The van der Waals surface area contributed by atoms with Crippen LogP contribution in [-0.4, -0.2) is 58.6 Å². The minimum atomic E-state index is -1.06. The standard InChI is InChI=1S/C18H34N2O5/c1-16(2,3)24-14(21)19-12-18(7,23)13-8-10-20(11-9-13)15(22)25-17(4,5)6/h13,23H,8-12H2,1-7H3,(H,19,21). The van der Waals surface area contributed by atoms with E-state index in [9.17, 15) is 14.7 Å². The molecule has 2 amide bonds. The monoisotopic (exact) mass is 358 g/mol. The molecule has 0 aromatic rings. The fourth-order valence-electron chi connectivity index (χ4n) is 2.72. The summed E-state index contributed by atoms with van der Waals surface area (Å²) in [6.45, 7) is 13.8. The van der Waals surface area contributed by atoms with Crippen LogP contribution >= 0.6 is 0 Å². The first-order valence-electron chi connectivity index (χ1n) is 8.87. The van der Waals surface area contributed by atoms with Crippen LogP contribution in [0.1, 0.15) is 61.3 Å². The molecule has 0 aromatic heterocycles. The molecule has 0 aliphatic carbocycles. The highest BCUT2D eigenvalue weighted by Gasteiger charge is 2.37. The van der Waals surface area contributed by atoms with Gasteiger partial charge in [0.2, 0.25) is 0 Å². The summed E-state index contributed by atoms with van der Waals surface area (Å²) in [5, 5.41) is 13.3. The minimum Gasteiger partial charge on any atom is -0.444 e. The molecule has 1 heterocycles. The van der Waals surface area contributed by atoms with E-state index >= 15 is 0 Å². The quantitative estimate of drug-likeness (QED) is 0.810. The van der Waals surface area contributed by atoms with Gasteiger partial charge in [0, 0.05) is 19.6 Å². The topological polar surface area (TPSA) is 88.1 Å². The lowest BCUT2D eigenvalue weighted by atomic mass is 9.81. The zero-order valence-corrected chi connectivity index (χ0v) is 16.6. The van der Waals surface area contributed by atoms with Crippen LogP contribution in [0.5, 0.6) is 0 Å². The van der Waals surface area contributed by atoms with Crippen LogP contribution in [0.2, 0.25) is 0 Å². The number of carbonyl (C=O) groups is 2. The number of piperidine rings is 1. The van der Waals surface area contributed by atoms with Crippen molar-refractivity contribution in [2.24, 2.45) is 5.92 Å². The molecular formula is C18H34N2O5. The molecule has 0 aromatic carbocycles. The van der Waals surface area contributed by atoms with Gasteiger partial charge in [-0.25, -0.2) is 9.59 Å². The van der Waals surface area contributed by atoms with Crippen molar-refractivity contribution < 1.29 is 24.2 Å². The molecule has 1 unspecified atom stereocenters. The number of nitrogens with one attached hydrogen (secondary N) is 1. The summed E-state index contributed by atoms with van der Waals surface area (Å²) in [4.78, 5) is 25.5. The highest BCUT2D eigenvalue weighted by Crippen LogP contribution is 2.28. The molecule has 0 saturated carbocycles. The van der Waals surface area contributed by atoms with E-state index in [0.29, 0.717) is 25.9 Å². The first-order valence-corrected chi connectivity index (χ1v) is 8.87. The van der Waals surface area contributed by atoms with Gasteiger partial charge in [-0.2, -0.15) is 0 Å². The molecule has 2 N–H and O–H groups in total. The Kier molecular flexibility index (Phi) is 6.73. The summed E-state index contributed by atoms with van der Waals surface area (Å²) in [5.74, 6) is -0.0128. The zero-order valence-electron chi connectivity index (χ0n) is 16.6. The lowest BCUT2D eigenvalue weighted by Crippen LogP contribution is -2.51. The number of hydrogen-bond acceptors (Lipinski definition) is 5. The molecule has 0 bridgehead atoms. The maximum atomic E-state index is 12.1. The van der Waals surface area contributed by atoms with Gasteiger partial charge < -0.3 is 24.8 Å². The third-order valence-electron chi connectivity index (χ3n) is 4.02. The number of carbonyl (C=O) groups excluding carboxylic acids is 2. The fourth-order valence-corrected chi connectivity index (χ4v) is 2.72. The molecule has 25 heavy (non-hydrogen) atoms. The second-order valence-corrected chi connectivity index (χ2v) is 8.95. The summed E-state index contributed by atoms with van der Waals surface area (Å²) in [5.41, 5.74) is -2.15. The Morgan fingerprint density at radius 1 is 1.00 bits per heavy atom. The molecule has 1 aliphatic heterocycles. The second-order valence-electron chi connectivity index (χ2n) is 8.95. The highest BCUT2D eigenvalue weighted by molar-refractivity contribution is 5.68. The van der Waals surface area contributed by atoms with E-state index in [4.69, 9.17) is 9.47 Å². The molecule has 0 spiro atoms. The van der Waals surface area contributed by atoms with Gasteiger partial charge in [0.25, 0.3) is 0 Å². The number of aliphatic hydroxyl groups is 1. The van der Waals surface area contributed by atoms with E-state index in [1.807, 2.05) is 20.8 Å². The van der Waals surface area contributed by atoms with Gasteiger partial charge in [-0.05, 0) is 67.2 Å². The van der Waals surface area contributed by atoms with E-state index in [0.717, 1.165) is 0 Å². The van der Waals surface area contributed by atoms with E-state index in [1.54, 1.807) is 32.6 Å². The molecule has 1 fully saturated rings. The van der Waals surface area contributed by atoms with Crippen LogP contribution < -0.4 is 5.32 Å². The molecule has 1 saturated heterocycles. The second kappa shape index (κ2) is 7.81. The van der Waals surface area contributed by atoms with E-state index in [-0.39, 0.29) is 18.6 Å². The normalized spacial score (nSPS) is 19.1. The molecule has 7 nitrogen and oxygen atoms in total. The number of ether oxygens (including phenoxy) is 2. The predicted octanol–water partition coefficient (Wildman–Crippen LogP) is 2.91. The summed E-state index contributed by atoms with van der Waals surface area (Å²) in [6, 6.07) is 0. The van der Waals surface area contributed by atoms with Crippen LogP contribution in [0.4, 0.5) is 9.59 Å². The van der Waals surface area contributed by atoms with E-state index < -0.39 is 22.9 Å². The molecular weight excluding hydrogens is 324 g/mol. The molecule has 1 atom stereocenters.